The van der Waals surface area contributed by atoms with Crippen molar-refractivity contribution in [3.05, 3.63) is 65.4 Å². The highest BCUT2D eigenvalue weighted by Gasteiger charge is 2.23. The van der Waals surface area contributed by atoms with Gasteiger partial charge in [0.2, 0.25) is 0 Å². The highest BCUT2D eigenvalue weighted by molar-refractivity contribution is 7.99. The maximum Gasteiger partial charge on any atom is 0.257 e. The van der Waals surface area contributed by atoms with Crippen LogP contribution in [0.5, 0.6) is 0 Å². The number of carbonyl (C=O) groups excluding carboxylic acids is 1. The summed E-state index contributed by atoms with van der Waals surface area (Å²) in [5.41, 5.74) is 2.37. The van der Waals surface area contributed by atoms with Gasteiger partial charge < -0.3 is 10.2 Å². The van der Waals surface area contributed by atoms with Crippen LogP contribution in [-0.4, -0.2) is 40.4 Å². The van der Waals surface area contributed by atoms with Gasteiger partial charge in [0.1, 0.15) is 11.6 Å². The Morgan fingerprint density at radius 3 is 2.68 bits per heavy atom. The van der Waals surface area contributed by atoms with Crippen LogP contribution in [0.3, 0.4) is 0 Å². The number of pyridine rings is 1. The first kappa shape index (κ1) is 18.7. The standard InChI is InChI=1S/C21H19F2N3OS/c1-13-2-4-15(11-18(13)23)25-20-16-10-14(22)3-5-19(16)24-12-17(20)21(27)26-6-8-28-9-7-26/h2-5,10-12H,6-9H2,1H3,(H,24,25). The molecule has 4 rings (SSSR count). The molecule has 1 N–H and O–H groups in total. The van der Waals surface area contributed by atoms with Gasteiger partial charge in [-0.25, -0.2) is 8.78 Å². The molecule has 2 aromatic carbocycles. The number of aryl methyl sites for hydroxylation is 1. The molecule has 0 saturated carbocycles. The number of nitrogens with one attached hydrogen (secondary N) is 1. The Balaban J connectivity index is 1.83. The third-order valence-corrected chi connectivity index (χ3v) is 5.74. The average Bonchev–Trinajstić information content (AvgIpc) is 2.71. The molecule has 1 aliphatic rings. The normalized spacial score (nSPS) is 14.3. The fourth-order valence-corrected chi connectivity index (χ4v) is 4.12. The van der Waals surface area contributed by atoms with Crippen molar-refractivity contribution in [1.29, 1.82) is 0 Å². The summed E-state index contributed by atoms with van der Waals surface area (Å²) in [6.45, 7) is 2.99. The number of halogens is 2. The number of hydrogen-bond donors (Lipinski definition) is 1. The predicted molar refractivity (Wildman–Crippen MR) is 109 cm³/mol. The van der Waals surface area contributed by atoms with Gasteiger partial charge >= 0.3 is 0 Å². The van der Waals surface area contributed by atoms with E-state index in [1.54, 1.807) is 30.0 Å². The highest BCUT2D eigenvalue weighted by Crippen LogP contribution is 2.31. The van der Waals surface area contributed by atoms with Gasteiger partial charge in [-0.1, -0.05) is 6.07 Å². The largest absolute Gasteiger partial charge is 0.354 e. The average molecular weight is 399 g/mol. The first-order chi connectivity index (χ1) is 13.5. The number of amides is 1. The van der Waals surface area contributed by atoms with Crippen molar-refractivity contribution in [3.8, 4) is 0 Å². The number of aromatic nitrogens is 1. The molecule has 3 aromatic rings. The second-order valence-electron chi connectivity index (χ2n) is 6.70. The fourth-order valence-electron chi connectivity index (χ4n) is 3.21. The molecule has 1 aromatic heterocycles. The Morgan fingerprint density at radius 1 is 1.14 bits per heavy atom. The Labute approximate surface area is 165 Å². The number of nitrogens with zero attached hydrogens (tertiary/aromatic N) is 2. The number of thioether (sulfide) groups is 1. The van der Waals surface area contributed by atoms with Crippen LogP contribution in [0.15, 0.2) is 42.6 Å². The van der Waals surface area contributed by atoms with E-state index in [-0.39, 0.29) is 11.7 Å². The summed E-state index contributed by atoms with van der Waals surface area (Å²) in [7, 11) is 0. The molecule has 0 aliphatic carbocycles. The molecular weight excluding hydrogens is 380 g/mol. The third kappa shape index (κ3) is 3.67. The van der Waals surface area contributed by atoms with Crippen LogP contribution in [0.25, 0.3) is 10.9 Å². The van der Waals surface area contributed by atoms with Crippen molar-refractivity contribution in [2.24, 2.45) is 0 Å². The molecule has 28 heavy (non-hydrogen) atoms. The van der Waals surface area contributed by atoms with Crippen LogP contribution < -0.4 is 5.32 Å². The first-order valence-corrected chi connectivity index (χ1v) is 10.2. The minimum Gasteiger partial charge on any atom is -0.354 e. The van der Waals surface area contributed by atoms with Gasteiger partial charge in [-0.3, -0.25) is 9.78 Å². The smallest absolute Gasteiger partial charge is 0.257 e. The summed E-state index contributed by atoms with van der Waals surface area (Å²) in [6, 6.07) is 9.00. The van der Waals surface area contributed by atoms with Gasteiger partial charge in [-0.2, -0.15) is 11.8 Å². The molecule has 1 amide bonds. The van der Waals surface area contributed by atoms with Crippen molar-refractivity contribution in [2.45, 2.75) is 6.92 Å². The van der Waals surface area contributed by atoms with Gasteiger partial charge in [-0.15, -0.1) is 0 Å². The fraction of sp³-hybridized carbons (Fsp3) is 0.238. The van der Waals surface area contributed by atoms with Crippen molar-refractivity contribution in [3.63, 3.8) is 0 Å². The van der Waals surface area contributed by atoms with E-state index < -0.39 is 5.82 Å². The number of hydrogen-bond acceptors (Lipinski definition) is 4. The van der Waals surface area contributed by atoms with Crippen molar-refractivity contribution < 1.29 is 13.6 Å². The molecule has 7 heteroatoms. The van der Waals surface area contributed by atoms with E-state index in [0.717, 1.165) is 11.5 Å². The maximum absolute atomic E-state index is 14.0. The lowest BCUT2D eigenvalue weighted by Gasteiger charge is -2.27. The molecule has 1 saturated heterocycles. The van der Waals surface area contributed by atoms with Gasteiger partial charge in [0.25, 0.3) is 5.91 Å². The second kappa shape index (κ2) is 7.75. The molecule has 0 atom stereocenters. The molecular formula is C21H19F2N3OS. The topological polar surface area (TPSA) is 45.2 Å². The summed E-state index contributed by atoms with van der Waals surface area (Å²) >= 11 is 1.81. The SMILES string of the molecule is Cc1ccc(Nc2c(C(=O)N3CCSCC3)cnc3ccc(F)cc23)cc1F. The molecule has 0 radical (unpaired) electrons. The van der Waals surface area contributed by atoms with E-state index in [1.165, 1.54) is 24.4 Å². The second-order valence-corrected chi connectivity index (χ2v) is 7.93. The lowest BCUT2D eigenvalue weighted by Crippen LogP contribution is -2.38. The van der Waals surface area contributed by atoms with E-state index >= 15 is 0 Å². The van der Waals surface area contributed by atoms with Gasteiger partial charge in [-0.05, 0) is 42.8 Å². The summed E-state index contributed by atoms with van der Waals surface area (Å²) in [6.07, 6.45) is 1.51. The Morgan fingerprint density at radius 2 is 1.93 bits per heavy atom. The van der Waals surface area contributed by atoms with Crippen LogP contribution in [0.1, 0.15) is 15.9 Å². The monoisotopic (exact) mass is 399 g/mol. The van der Waals surface area contributed by atoms with E-state index in [0.29, 0.717) is 46.5 Å². The Kier molecular flexibility index (Phi) is 5.17. The van der Waals surface area contributed by atoms with E-state index in [2.05, 4.69) is 10.3 Å². The maximum atomic E-state index is 14.0. The van der Waals surface area contributed by atoms with Gasteiger partial charge in [0.05, 0.1) is 16.8 Å². The molecule has 1 aliphatic heterocycles. The number of fused-ring (bicyclic) bond motifs is 1. The van der Waals surface area contributed by atoms with Crippen LogP contribution >= 0.6 is 11.8 Å². The first-order valence-electron chi connectivity index (χ1n) is 9.01. The highest BCUT2D eigenvalue weighted by atomic mass is 32.2. The van der Waals surface area contributed by atoms with Crippen molar-refractivity contribution in [2.75, 3.05) is 29.9 Å². The van der Waals surface area contributed by atoms with Gasteiger partial charge in [0, 0.05) is 41.9 Å². The van der Waals surface area contributed by atoms with Crippen LogP contribution in [0.2, 0.25) is 0 Å². The molecule has 1 fully saturated rings. The molecule has 0 unspecified atom stereocenters. The number of carbonyl (C=O) groups is 1. The summed E-state index contributed by atoms with van der Waals surface area (Å²) < 4.78 is 28.0. The zero-order valence-corrected chi connectivity index (χ0v) is 16.2. The van der Waals surface area contributed by atoms with E-state index in [9.17, 15) is 13.6 Å². The number of anilines is 2. The summed E-state index contributed by atoms with van der Waals surface area (Å²) in [5.74, 6) is 0.830. The quantitative estimate of drug-likeness (QED) is 0.690. The molecule has 2 heterocycles. The minimum atomic E-state index is -0.425. The lowest BCUT2D eigenvalue weighted by molar-refractivity contribution is 0.0773. The summed E-state index contributed by atoms with van der Waals surface area (Å²) in [4.78, 5) is 19.2. The summed E-state index contributed by atoms with van der Waals surface area (Å²) in [5, 5.41) is 3.62. The lowest BCUT2D eigenvalue weighted by atomic mass is 10.1. The zero-order valence-electron chi connectivity index (χ0n) is 15.3. The van der Waals surface area contributed by atoms with Crippen LogP contribution in [0, 0.1) is 18.6 Å². The predicted octanol–water partition coefficient (Wildman–Crippen LogP) is 4.75. The van der Waals surface area contributed by atoms with Crippen molar-refractivity contribution >= 4 is 39.9 Å². The van der Waals surface area contributed by atoms with E-state index in [4.69, 9.17) is 0 Å². The molecule has 144 valence electrons. The van der Waals surface area contributed by atoms with Crippen LogP contribution in [0.4, 0.5) is 20.2 Å². The Hall–Kier alpha value is -2.67. The van der Waals surface area contributed by atoms with Crippen molar-refractivity contribution in [1.82, 2.24) is 9.88 Å². The van der Waals surface area contributed by atoms with Gasteiger partial charge in [0.15, 0.2) is 0 Å². The number of benzene rings is 2. The zero-order chi connectivity index (χ0) is 19.7. The van der Waals surface area contributed by atoms with E-state index in [1.807, 2.05) is 11.8 Å². The Bertz CT molecular complexity index is 1050. The molecule has 4 nitrogen and oxygen atoms in total. The molecule has 0 bridgehead atoms. The van der Waals surface area contributed by atoms with Crippen LogP contribution in [-0.2, 0) is 0 Å². The number of rotatable bonds is 3. The molecule has 0 spiro atoms. The third-order valence-electron chi connectivity index (χ3n) is 4.80. The minimum absolute atomic E-state index is 0.158.